The molecule has 1 N–H and O–H groups in total. The lowest BCUT2D eigenvalue weighted by Crippen LogP contribution is -2.48. The van der Waals surface area contributed by atoms with E-state index in [9.17, 15) is 9.59 Å². The SMILES string of the molecule is O=C(Nc1nc(CC(=O)N2CCN(Cc3ccc4c(c3)OCO4)CC2)cs1)c1cnccn1. The number of carbonyl (C=O) groups is 2. The number of rotatable bonds is 6. The quantitative estimate of drug-likeness (QED) is 0.586. The van der Waals surface area contributed by atoms with E-state index in [2.05, 4.69) is 25.2 Å². The molecule has 3 aromatic rings. The molecule has 0 unspecified atom stereocenters. The highest BCUT2D eigenvalue weighted by atomic mass is 32.1. The fourth-order valence-corrected chi connectivity index (χ4v) is 4.45. The Hall–Kier alpha value is -3.57. The summed E-state index contributed by atoms with van der Waals surface area (Å²) < 4.78 is 10.8. The van der Waals surface area contributed by atoms with Gasteiger partial charge in [0.2, 0.25) is 12.7 Å². The maximum absolute atomic E-state index is 12.7. The minimum absolute atomic E-state index is 0.0369. The van der Waals surface area contributed by atoms with Crippen molar-refractivity contribution in [3.63, 3.8) is 0 Å². The molecule has 0 saturated carbocycles. The molecule has 10 nitrogen and oxygen atoms in total. The van der Waals surface area contributed by atoms with Crippen molar-refractivity contribution in [1.82, 2.24) is 24.8 Å². The van der Waals surface area contributed by atoms with Crippen LogP contribution < -0.4 is 14.8 Å². The molecule has 33 heavy (non-hydrogen) atoms. The molecule has 0 atom stereocenters. The molecule has 4 heterocycles. The predicted octanol–water partition coefficient (Wildman–Crippen LogP) is 1.80. The molecule has 1 aromatic carbocycles. The van der Waals surface area contributed by atoms with Gasteiger partial charge in [-0.25, -0.2) is 9.97 Å². The van der Waals surface area contributed by atoms with E-state index in [0.717, 1.165) is 36.7 Å². The molecule has 170 valence electrons. The Kier molecular flexibility index (Phi) is 6.13. The zero-order chi connectivity index (χ0) is 22.6. The summed E-state index contributed by atoms with van der Waals surface area (Å²) in [7, 11) is 0. The van der Waals surface area contributed by atoms with Gasteiger partial charge in [-0.3, -0.25) is 24.8 Å². The monoisotopic (exact) mass is 466 g/mol. The number of benzene rings is 1. The lowest BCUT2D eigenvalue weighted by Gasteiger charge is -2.34. The zero-order valence-electron chi connectivity index (χ0n) is 17.8. The van der Waals surface area contributed by atoms with Gasteiger partial charge < -0.3 is 14.4 Å². The third kappa shape index (κ3) is 5.10. The van der Waals surface area contributed by atoms with E-state index in [4.69, 9.17) is 9.47 Å². The van der Waals surface area contributed by atoms with Gasteiger partial charge in [-0.05, 0) is 17.7 Å². The Labute approximate surface area is 194 Å². The van der Waals surface area contributed by atoms with Crippen molar-refractivity contribution >= 4 is 28.3 Å². The summed E-state index contributed by atoms with van der Waals surface area (Å²) in [6.07, 6.45) is 4.55. The molecule has 1 saturated heterocycles. The normalized spacial score (nSPS) is 15.5. The third-order valence-corrected chi connectivity index (χ3v) is 6.28. The van der Waals surface area contributed by atoms with Crippen molar-refractivity contribution in [2.24, 2.45) is 0 Å². The molecule has 5 rings (SSSR count). The number of carbonyl (C=O) groups excluding carboxylic acids is 2. The second-order valence-electron chi connectivity index (χ2n) is 7.71. The molecule has 2 aromatic heterocycles. The minimum Gasteiger partial charge on any atom is -0.454 e. The topological polar surface area (TPSA) is 110 Å². The number of nitrogens with zero attached hydrogens (tertiary/aromatic N) is 5. The summed E-state index contributed by atoms with van der Waals surface area (Å²) in [6, 6.07) is 6.01. The van der Waals surface area contributed by atoms with Crippen molar-refractivity contribution in [3.05, 3.63) is 59.1 Å². The fourth-order valence-electron chi connectivity index (χ4n) is 3.74. The van der Waals surface area contributed by atoms with Gasteiger partial charge in [-0.1, -0.05) is 6.07 Å². The van der Waals surface area contributed by atoms with Crippen molar-refractivity contribution in [2.45, 2.75) is 13.0 Å². The summed E-state index contributed by atoms with van der Waals surface area (Å²) in [4.78, 5) is 41.3. The van der Waals surface area contributed by atoms with Crippen LogP contribution in [0, 0.1) is 0 Å². The highest BCUT2D eigenvalue weighted by Gasteiger charge is 2.23. The van der Waals surface area contributed by atoms with E-state index in [1.54, 1.807) is 5.38 Å². The summed E-state index contributed by atoms with van der Waals surface area (Å²) in [5.74, 6) is 1.23. The first-order chi connectivity index (χ1) is 16.1. The highest BCUT2D eigenvalue weighted by molar-refractivity contribution is 7.14. The van der Waals surface area contributed by atoms with Gasteiger partial charge in [0.15, 0.2) is 16.6 Å². The van der Waals surface area contributed by atoms with Crippen LogP contribution in [0.3, 0.4) is 0 Å². The first-order valence-electron chi connectivity index (χ1n) is 10.5. The third-order valence-electron chi connectivity index (χ3n) is 5.47. The molecule has 1 fully saturated rings. The van der Waals surface area contributed by atoms with Crippen LogP contribution in [0.5, 0.6) is 11.5 Å². The zero-order valence-corrected chi connectivity index (χ0v) is 18.6. The second kappa shape index (κ2) is 9.51. The number of anilines is 1. The summed E-state index contributed by atoms with van der Waals surface area (Å²) in [5, 5.41) is 4.92. The number of ether oxygens (including phenoxy) is 2. The van der Waals surface area contributed by atoms with Gasteiger partial charge in [0.05, 0.1) is 18.3 Å². The maximum atomic E-state index is 12.7. The van der Waals surface area contributed by atoms with Crippen LogP contribution in [0.2, 0.25) is 0 Å². The van der Waals surface area contributed by atoms with Crippen molar-refractivity contribution < 1.29 is 19.1 Å². The smallest absolute Gasteiger partial charge is 0.277 e. The Morgan fingerprint density at radius 3 is 2.76 bits per heavy atom. The Bertz CT molecular complexity index is 1150. The highest BCUT2D eigenvalue weighted by Crippen LogP contribution is 2.32. The Morgan fingerprint density at radius 1 is 1.09 bits per heavy atom. The first kappa shape index (κ1) is 21.3. The van der Waals surface area contributed by atoms with Gasteiger partial charge >= 0.3 is 0 Å². The van der Waals surface area contributed by atoms with E-state index in [1.165, 1.54) is 29.9 Å². The largest absolute Gasteiger partial charge is 0.454 e. The van der Waals surface area contributed by atoms with Crippen molar-refractivity contribution in [2.75, 3.05) is 38.3 Å². The lowest BCUT2D eigenvalue weighted by molar-refractivity contribution is -0.132. The molecule has 0 aliphatic carbocycles. The number of nitrogens with one attached hydrogen (secondary N) is 1. The Balaban J connectivity index is 1.09. The second-order valence-corrected chi connectivity index (χ2v) is 8.57. The van der Waals surface area contributed by atoms with Crippen LogP contribution in [0.25, 0.3) is 0 Å². The van der Waals surface area contributed by atoms with Crippen LogP contribution in [-0.2, 0) is 17.8 Å². The number of hydrogen-bond acceptors (Lipinski definition) is 9. The average Bonchev–Trinajstić information content (AvgIpc) is 3.49. The summed E-state index contributed by atoms with van der Waals surface area (Å²) in [5.41, 5.74) is 2.02. The van der Waals surface area contributed by atoms with Gasteiger partial charge in [0.25, 0.3) is 5.91 Å². The summed E-state index contributed by atoms with van der Waals surface area (Å²) in [6.45, 7) is 4.02. The molecule has 2 aliphatic rings. The van der Waals surface area contributed by atoms with Crippen LogP contribution in [0.15, 0.2) is 42.2 Å². The molecule has 2 aliphatic heterocycles. The molecular weight excluding hydrogens is 444 g/mol. The van der Waals surface area contributed by atoms with Crippen molar-refractivity contribution in [3.8, 4) is 11.5 Å². The summed E-state index contributed by atoms with van der Waals surface area (Å²) >= 11 is 1.28. The van der Waals surface area contributed by atoms with Gasteiger partial charge in [-0.15, -0.1) is 11.3 Å². The van der Waals surface area contributed by atoms with Crippen LogP contribution in [0.4, 0.5) is 5.13 Å². The number of piperazine rings is 1. The molecule has 0 spiro atoms. The predicted molar refractivity (Wildman–Crippen MR) is 120 cm³/mol. The average molecular weight is 467 g/mol. The first-order valence-corrected chi connectivity index (χ1v) is 11.4. The van der Waals surface area contributed by atoms with Crippen LogP contribution >= 0.6 is 11.3 Å². The number of aromatic nitrogens is 3. The maximum Gasteiger partial charge on any atom is 0.277 e. The molecule has 2 amide bonds. The number of fused-ring (bicyclic) bond motifs is 1. The van der Waals surface area contributed by atoms with E-state index in [-0.39, 0.29) is 30.7 Å². The standard InChI is InChI=1S/C22H22N6O4S/c29-20(10-16-13-33-22(25-16)26-21(30)17-11-23-3-4-24-17)28-7-5-27(6-8-28)12-15-1-2-18-19(9-15)32-14-31-18/h1-4,9,11,13H,5-8,10,12,14H2,(H,25,26,30). The van der Waals surface area contributed by atoms with E-state index in [0.29, 0.717) is 23.9 Å². The van der Waals surface area contributed by atoms with E-state index < -0.39 is 0 Å². The fraction of sp³-hybridized carbons (Fsp3) is 0.318. The molecule has 11 heteroatoms. The molecule has 0 bridgehead atoms. The minimum atomic E-state index is -0.381. The van der Waals surface area contributed by atoms with Gasteiger partial charge in [0, 0.05) is 50.5 Å². The van der Waals surface area contributed by atoms with Crippen molar-refractivity contribution in [1.29, 1.82) is 0 Å². The Morgan fingerprint density at radius 2 is 1.94 bits per heavy atom. The van der Waals surface area contributed by atoms with Gasteiger partial charge in [0.1, 0.15) is 5.69 Å². The molecular formula is C22H22N6O4S. The van der Waals surface area contributed by atoms with Crippen LogP contribution in [0.1, 0.15) is 21.7 Å². The number of hydrogen-bond donors (Lipinski definition) is 1. The number of amides is 2. The van der Waals surface area contributed by atoms with E-state index in [1.807, 2.05) is 23.1 Å². The van der Waals surface area contributed by atoms with E-state index >= 15 is 0 Å². The lowest BCUT2D eigenvalue weighted by atomic mass is 10.1. The molecule has 0 radical (unpaired) electrons. The van der Waals surface area contributed by atoms with Gasteiger partial charge in [-0.2, -0.15) is 0 Å². The van der Waals surface area contributed by atoms with Crippen LogP contribution in [-0.4, -0.2) is 69.5 Å². The number of thiazole rings is 1.